The summed E-state index contributed by atoms with van der Waals surface area (Å²) in [7, 11) is 3.82. The van der Waals surface area contributed by atoms with Gasteiger partial charge in [0.1, 0.15) is 5.82 Å². The molecule has 0 aliphatic heterocycles. The van der Waals surface area contributed by atoms with Crippen molar-refractivity contribution in [2.75, 3.05) is 12.4 Å². The van der Waals surface area contributed by atoms with Crippen molar-refractivity contribution in [2.45, 2.75) is 13.3 Å². The molecule has 2 aromatic rings. The molecule has 16 heavy (non-hydrogen) atoms. The fraction of sp³-hybridized carbons (Fsp3) is 0.333. The molecule has 1 aromatic carbocycles. The lowest BCUT2D eigenvalue weighted by atomic mass is 10.1. The van der Waals surface area contributed by atoms with Crippen LogP contribution in [0.3, 0.4) is 0 Å². The number of nitrogens with zero attached hydrogens (tertiary/aromatic N) is 3. The zero-order chi connectivity index (χ0) is 11.5. The van der Waals surface area contributed by atoms with E-state index < -0.39 is 0 Å². The fourth-order valence-corrected chi connectivity index (χ4v) is 1.74. The highest BCUT2D eigenvalue weighted by atomic mass is 15.3. The molecule has 0 bridgehead atoms. The molecule has 0 aliphatic carbocycles. The van der Waals surface area contributed by atoms with E-state index in [0.29, 0.717) is 0 Å². The van der Waals surface area contributed by atoms with Gasteiger partial charge in [-0.2, -0.15) is 0 Å². The van der Waals surface area contributed by atoms with Crippen LogP contribution < -0.4 is 5.32 Å². The molecule has 2 rings (SSSR count). The lowest BCUT2D eigenvalue weighted by Gasteiger charge is -2.04. The second kappa shape index (κ2) is 4.35. The summed E-state index contributed by atoms with van der Waals surface area (Å²) < 4.78 is 1.97. The summed E-state index contributed by atoms with van der Waals surface area (Å²) in [4.78, 5) is 0. The maximum Gasteiger partial charge on any atom is 0.224 e. The maximum absolute atomic E-state index is 4.16. The molecule has 0 fully saturated rings. The maximum atomic E-state index is 4.16. The highest BCUT2D eigenvalue weighted by Gasteiger charge is 2.07. The quantitative estimate of drug-likeness (QED) is 0.850. The molecule has 0 saturated carbocycles. The SMILES string of the molecule is CNc1nnc(Cc2cccc(C)c2)n1C. The molecule has 0 unspecified atom stereocenters. The largest absolute Gasteiger partial charge is 0.357 e. The Bertz CT molecular complexity index is 488. The van der Waals surface area contributed by atoms with Gasteiger partial charge < -0.3 is 9.88 Å². The molecule has 0 radical (unpaired) electrons. The van der Waals surface area contributed by atoms with Crippen molar-refractivity contribution >= 4 is 5.95 Å². The Morgan fingerprint density at radius 1 is 1.31 bits per heavy atom. The van der Waals surface area contributed by atoms with E-state index in [1.807, 2.05) is 18.7 Å². The first-order chi connectivity index (χ1) is 7.70. The van der Waals surface area contributed by atoms with Crippen LogP contribution in [0.15, 0.2) is 24.3 Å². The predicted octanol–water partition coefficient (Wildman–Crippen LogP) is 1.76. The van der Waals surface area contributed by atoms with Gasteiger partial charge >= 0.3 is 0 Å². The van der Waals surface area contributed by atoms with Gasteiger partial charge in [-0.3, -0.25) is 0 Å². The normalized spacial score (nSPS) is 10.4. The topological polar surface area (TPSA) is 42.7 Å². The molecule has 0 spiro atoms. The van der Waals surface area contributed by atoms with Crippen LogP contribution in [0.5, 0.6) is 0 Å². The third-order valence-electron chi connectivity index (χ3n) is 2.63. The van der Waals surface area contributed by atoms with Crippen LogP contribution in [0.4, 0.5) is 5.95 Å². The summed E-state index contributed by atoms with van der Waals surface area (Å²) in [6.07, 6.45) is 0.812. The zero-order valence-corrected chi connectivity index (χ0v) is 9.86. The van der Waals surface area contributed by atoms with Gasteiger partial charge in [0.2, 0.25) is 5.95 Å². The second-order valence-electron chi connectivity index (χ2n) is 3.91. The van der Waals surface area contributed by atoms with Gasteiger partial charge in [-0.15, -0.1) is 10.2 Å². The minimum atomic E-state index is 0.794. The molecule has 1 heterocycles. The highest BCUT2D eigenvalue weighted by molar-refractivity contribution is 5.28. The first-order valence-electron chi connectivity index (χ1n) is 5.32. The second-order valence-corrected chi connectivity index (χ2v) is 3.91. The van der Waals surface area contributed by atoms with E-state index in [9.17, 15) is 0 Å². The first-order valence-corrected chi connectivity index (χ1v) is 5.32. The van der Waals surface area contributed by atoms with Crippen molar-refractivity contribution in [2.24, 2.45) is 7.05 Å². The summed E-state index contributed by atoms with van der Waals surface area (Å²) in [5, 5.41) is 11.2. The Balaban J connectivity index is 2.24. The Hall–Kier alpha value is -1.84. The Labute approximate surface area is 95.3 Å². The number of hydrogen-bond acceptors (Lipinski definition) is 3. The monoisotopic (exact) mass is 216 g/mol. The minimum absolute atomic E-state index is 0.794. The third kappa shape index (κ3) is 2.05. The molecule has 4 heteroatoms. The molecular formula is C12H16N4. The van der Waals surface area contributed by atoms with Crippen molar-refractivity contribution in [1.82, 2.24) is 14.8 Å². The average molecular weight is 216 g/mol. The van der Waals surface area contributed by atoms with E-state index in [-0.39, 0.29) is 0 Å². The Kier molecular flexibility index (Phi) is 2.90. The number of nitrogens with one attached hydrogen (secondary N) is 1. The lowest BCUT2D eigenvalue weighted by molar-refractivity contribution is 0.825. The smallest absolute Gasteiger partial charge is 0.224 e. The fourth-order valence-electron chi connectivity index (χ4n) is 1.74. The molecule has 0 amide bonds. The molecule has 0 atom stereocenters. The van der Waals surface area contributed by atoms with Crippen molar-refractivity contribution in [3.05, 3.63) is 41.2 Å². The predicted molar refractivity (Wildman–Crippen MR) is 64.5 cm³/mol. The van der Waals surface area contributed by atoms with Gasteiger partial charge in [-0.1, -0.05) is 29.8 Å². The molecule has 1 N–H and O–H groups in total. The van der Waals surface area contributed by atoms with Crippen molar-refractivity contribution in [3.8, 4) is 0 Å². The van der Waals surface area contributed by atoms with Crippen molar-refractivity contribution in [3.63, 3.8) is 0 Å². The summed E-state index contributed by atoms with van der Waals surface area (Å²) >= 11 is 0. The number of benzene rings is 1. The number of aryl methyl sites for hydroxylation is 1. The van der Waals surface area contributed by atoms with Crippen LogP contribution in [-0.2, 0) is 13.5 Å². The lowest BCUT2D eigenvalue weighted by Crippen LogP contribution is -2.03. The van der Waals surface area contributed by atoms with Crippen LogP contribution in [0.1, 0.15) is 17.0 Å². The molecule has 84 valence electrons. The van der Waals surface area contributed by atoms with Crippen molar-refractivity contribution < 1.29 is 0 Å². The molecule has 0 aliphatic rings. The van der Waals surface area contributed by atoms with E-state index in [1.165, 1.54) is 11.1 Å². The van der Waals surface area contributed by atoms with Crippen LogP contribution in [0.2, 0.25) is 0 Å². The molecular weight excluding hydrogens is 200 g/mol. The number of aromatic nitrogens is 3. The van der Waals surface area contributed by atoms with Crippen LogP contribution in [0, 0.1) is 6.92 Å². The Morgan fingerprint density at radius 2 is 2.12 bits per heavy atom. The number of hydrogen-bond donors (Lipinski definition) is 1. The van der Waals surface area contributed by atoms with Crippen LogP contribution in [-0.4, -0.2) is 21.8 Å². The summed E-state index contributed by atoms with van der Waals surface area (Å²) in [6.45, 7) is 2.10. The van der Waals surface area contributed by atoms with E-state index in [1.54, 1.807) is 0 Å². The van der Waals surface area contributed by atoms with E-state index >= 15 is 0 Å². The summed E-state index contributed by atoms with van der Waals surface area (Å²) in [5.41, 5.74) is 2.53. The van der Waals surface area contributed by atoms with Gasteiger partial charge in [-0.25, -0.2) is 0 Å². The molecule has 4 nitrogen and oxygen atoms in total. The zero-order valence-electron chi connectivity index (χ0n) is 9.86. The van der Waals surface area contributed by atoms with E-state index in [2.05, 4.69) is 46.7 Å². The first kappa shape index (κ1) is 10.7. The van der Waals surface area contributed by atoms with Gasteiger partial charge in [0.05, 0.1) is 0 Å². The summed E-state index contributed by atoms with van der Waals surface area (Å²) in [6, 6.07) is 8.45. The molecule has 1 aromatic heterocycles. The van der Waals surface area contributed by atoms with Crippen LogP contribution >= 0.6 is 0 Å². The Morgan fingerprint density at radius 3 is 2.75 bits per heavy atom. The van der Waals surface area contributed by atoms with Gasteiger partial charge in [0, 0.05) is 20.5 Å². The number of rotatable bonds is 3. The van der Waals surface area contributed by atoms with Gasteiger partial charge in [-0.05, 0) is 12.5 Å². The highest BCUT2D eigenvalue weighted by Crippen LogP contribution is 2.11. The molecule has 0 saturated heterocycles. The number of anilines is 1. The average Bonchev–Trinajstić information content (AvgIpc) is 2.60. The summed E-state index contributed by atoms with van der Waals surface area (Å²) in [5.74, 6) is 1.76. The third-order valence-corrected chi connectivity index (χ3v) is 2.63. The van der Waals surface area contributed by atoms with Gasteiger partial charge in [0.15, 0.2) is 0 Å². The van der Waals surface area contributed by atoms with Gasteiger partial charge in [0.25, 0.3) is 0 Å². The standard InChI is InChI=1S/C12H16N4/c1-9-5-4-6-10(7-9)8-11-14-15-12(13-2)16(11)3/h4-7H,8H2,1-3H3,(H,13,15). The van der Waals surface area contributed by atoms with Crippen LogP contribution in [0.25, 0.3) is 0 Å². The minimum Gasteiger partial charge on any atom is -0.357 e. The van der Waals surface area contributed by atoms with Crippen molar-refractivity contribution in [1.29, 1.82) is 0 Å². The van der Waals surface area contributed by atoms with E-state index in [0.717, 1.165) is 18.2 Å². The van der Waals surface area contributed by atoms with E-state index in [4.69, 9.17) is 0 Å².